The minimum absolute atomic E-state index is 0.0488. The molecule has 0 aliphatic carbocycles. The first kappa shape index (κ1) is 14.1. The van der Waals surface area contributed by atoms with Crippen LogP contribution < -0.4 is 5.32 Å². The van der Waals surface area contributed by atoms with Crippen molar-refractivity contribution in [1.82, 2.24) is 10.2 Å². The molecule has 21 heavy (non-hydrogen) atoms. The lowest BCUT2D eigenvalue weighted by Crippen LogP contribution is -2.44. The van der Waals surface area contributed by atoms with Crippen molar-refractivity contribution in [3.63, 3.8) is 0 Å². The average Bonchev–Trinajstić information content (AvgIpc) is 2.97. The summed E-state index contributed by atoms with van der Waals surface area (Å²) >= 11 is 0. The number of nitrogens with zero attached hydrogens (tertiary/aromatic N) is 1. The molecule has 2 fully saturated rings. The van der Waals surface area contributed by atoms with E-state index in [4.69, 9.17) is 0 Å². The van der Waals surface area contributed by atoms with Gasteiger partial charge >= 0.3 is 0 Å². The van der Waals surface area contributed by atoms with E-state index in [0.29, 0.717) is 19.4 Å². The molecular formula is C17H22N2O2. The molecule has 0 unspecified atom stereocenters. The zero-order valence-corrected chi connectivity index (χ0v) is 12.5. The third-order valence-electron chi connectivity index (χ3n) is 4.70. The monoisotopic (exact) mass is 286 g/mol. The van der Waals surface area contributed by atoms with Crippen molar-refractivity contribution in [3.8, 4) is 0 Å². The van der Waals surface area contributed by atoms with Crippen molar-refractivity contribution in [3.05, 3.63) is 35.4 Å². The maximum Gasteiger partial charge on any atom is 0.227 e. The van der Waals surface area contributed by atoms with Gasteiger partial charge in [0, 0.05) is 19.5 Å². The van der Waals surface area contributed by atoms with E-state index in [1.807, 2.05) is 17.0 Å². The first-order valence-corrected chi connectivity index (χ1v) is 7.79. The molecule has 4 heteroatoms. The Bertz CT molecular complexity index is 545. The molecule has 2 aliphatic heterocycles. The third kappa shape index (κ3) is 2.80. The van der Waals surface area contributed by atoms with Crippen molar-refractivity contribution in [2.75, 3.05) is 13.1 Å². The highest BCUT2D eigenvalue weighted by Crippen LogP contribution is 2.35. The van der Waals surface area contributed by atoms with Gasteiger partial charge in [-0.3, -0.25) is 9.59 Å². The number of aryl methyl sites for hydroxylation is 1. The van der Waals surface area contributed by atoms with Crippen molar-refractivity contribution in [1.29, 1.82) is 0 Å². The number of amides is 2. The normalized spacial score (nSPS) is 25.8. The third-order valence-corrected chi connectivity index (χ3v) is 4.70. The van der Waals surface area contributed by atoms with Crippen LogP contribution in [0.3, 0.4) is 0 Å². The van der Waals surface area contributed by atoms with E-state index in [-0.39, 0.29) is 23.8 Å². The van der Waals surface area contributed by atoms with Gasteiger partial charge < -0.3 is 10.2 Å². The fraction of sp³-hybridized carbons (Fsp3) is 0.529. The summed E-state index contributed by atoms with van der Waals surface area (Å²) in [7, 11) is 0. The second-order valence-corrected chi connectivity index (χ2v) is 6.09. The lowest BCUT2D eigenvalue weighted by molar-refractivity contribution is -0.138. The van der Waals surface area contributed by atoms with Crippen molar-refractivity contribution in [2.24, 2.45) is 5.92 Å². The van der Waals surface area contributed by atoms with Crippen molar-refractivity contribution in [2.45, 2.75) is 38.6 Å². The van der Waals surface area contributed by atoms with Gasteiger partial charge in [0.15, 0.2) is 0 Å². The van der Waals surface area contributed by atoms with E-state index >= 15 is 0 Å². The fourth-order valence-electron chi connectivity index (χ4n) is 3.49. The summed E-state index contributed by atoms with van der Waals surface area (Å²) in [4.78, 5) is 26.1. The van der Waals surface area contributed by atoms with E-state index in [0.717, 1.165) is 19.4 Å². The van der Waals surface area contributed by atoms with Crippen LogP contribution in [-0.2, 0) is 9.59 Å². The van der Waals surface area contributed by atoms with Crippen molar-refractivity contribution < 1.29 is 9.59 Å². The smallest absolute Gasteiger partial charge is 0.227 e. The van der Waals surface area contributed by atoms with Gasteiger partial charge in [-0.05, 0) is 37.3 Å². The summed E-state index contributed by atoms with van der Waals surface area (Å²) in [6, 6.07) is 8.53. The minimum Gasteiger partial charge on any atom is -0.355 e. The van der Waals surface area contributed by atoms with Crippen LogP contribution in [0, 0.1) is 12.8 Å². The Kier molecular flexibility index (Phi) is 3.95. The summed E-state index contributed by atoms with van der Waals surface area (Å²) in [5, 5.41) is 2.82. The Morgan fingerprint density at radius 2 is 2.10 bits per heavy atom. The number of rotatable bonds is 2. The highest BCUT2D eigenvalue weighted by atomic mass is 16.2. The molecule has 0 spiro atoms. The summed E-state index contributed by atoms with van der Waals surface area (Å²) in [5.74, 6) is 0.226. The number of piperidine rings is 1. The van der Waals surface area contributed by atoms with Gasteiger partial charge in [0.1, 0.15) is 0 Å². The Labute approximate surface area is 125 Å². The highest BCUT2D eigenvalue weighted by Gasteiger charge is 2.35. The van der Waals surface area contributed by atoms with Crippen molar-refractivity contribution >= 4 is 11.8 Å². The maximum atomic E-state index is 12.8. The molecule has 2 saturated heterocycles. The standard InChI is InChI=1S/C17H22N2O2/c1-12-5-2-3-6-14(12)15-7-4-10-19(15)17(21)13-8-9-16(20)18-11-13/h2-3,5-6,13,15H,4,7-11H2,1H3,(H,18,20)/t13-,15-/m0/s1. The van der Waals surface area contributed by atoms with Crippen LogP contribution in [-0.4, -0.2) is 29.8 Å². The molecule has 1 aromatic rings. The molecule has 2 atom stereocenters. The van der Waals surface area contributed by atoms with Gasteiger partial charge in [-0.2, -0.15) is 0 Å². The second-order valence-electron chi connectivity index (χ2n) is 6.09. The molecule has 0 radical (unpaired) electrons. The molecule has 4 nitrogen and oxygen atoms in total. The van der Waals surface area contributed by atoms with E-state index in [1.54, 1.807) is 0 Å². The van der Waals surface area contributed by atoms with Crippen LogP contribution in [0.2, 0.25) is 0 Å². The van der Waals surface area contributed by atoms with E-state index in [1.165, 1.54) is 11.1 Å². The molecule has 2 aliphatic rings. The summed E-state index contributed by atoms with van der Waals surface area (Å²) in [6.07, 6.45) is 3.25. The van der Waals surface area contributed by atoms with Crippen LogP contribution in [0.1, 0.15) is 42.9 Å². The van der Waals surface area contributed by atoms with Crippen LogP contribution in [0.25, 0.3) is 0 Å². The lowest BCUT2D eigenvalue weighted by atomic mass is 9.95. The number of carbonyl (C=O) groups excluding carboxylic acids is 2. The zero-order valence-electron chi connectivity index (χ0n) is 12.5. The zero-order chi connectivity index (χ0) is 14.8. The van der Waals surface area contributed by atoms with Gasteiger partial charge in [-0.1, -0.05) is 24.3 Å². The quantitative estimate of drug-likeness (QED) is 0.906. The average molecular weight is 286 g/mol. The predicted octanol–water partition coefficient (Wildman–Crippen LogP) is 2.18. The second kappa shape index (κ2) is 5.88. The summed E-state index contributed by atoms with van der Waals surface area (Å²) in [6.45, 7) is 3.44. The van der Waals surface area contributed by atoms with Crippen LogP contribution in [0.15, 0.2) is 24.3 Å². The molecule has 0 saturated carbocycles. The number of hydrogen-bond acceptors (Lipinski definition) is 2. The Hall–Kier alpha value is -1.84. The molecule has 3 rings (SSSR count). The Morgan fingerprint density at radius 1 is 1.29 bits per heavy atom. The number of carbonyl (C=O) groups is 2. The number of nitrogens with one attached hydrogen (secondary N) is 1. The van der Waals surface area contributed by atoms with E-state index in [9.17, 15) is 9.59 Å². The maximum absolute atomic E-state index is 12.8. The lowest BCUT2D eigenvalue weighted by Gasteiger charge is -2.31. The van der Waals surface area contributed by atoms with E-state index in [2.05, 4.69) is 24.4 Å². The molecule has 0 aromatic heterocycles. The molecule has 0 bridgehead atoms. The van der Waals surface area contributed by atoms with Crippen LogP contribution in [0.5, 0.6) is 0 Å². The van der Waals surface area contributed by atoms with Gasteiger partial charge in [-0.25, -0.2) is 0 Å². The van der Waals surface area contributed by atoms with Gasteiger partial charge in [-0.15, -0.1) is 0 Å². The topological polar surface area (TPSA) is 49.4 Å². The number of benzene rings is 1. The minimum atomic E-state index is -0.0488. The Morgan fingerprint density at radius 3 is 2.81 bits per heavy atom. The highest BCUT2D eigenvalue weighted by molar-refractivity contribution is 5.84. The fourth-order valence-corrected chi connectivity index (χ4v) is 3.49. The molecular weight excluding hydrogens is 264 g/mol. The Balaban J connectivity index is 1.76. The van der Waals surface area contributed by atoms with Crippen LogP contribution in [0.4, 0.5) is 0 Å². The SMILES string of the molecule is Cc1ccccc1[C@@H]1CCCN1C(=O)[C@H]1CCC(=O)NC1. The molecule has 1 aromatic carbocycles. The molecule has 2 amide bonds. The van der Waals surface area contributed by atoms with E-state index < -0.39 is 0 Å². The number of likely N-dealkylation sites (tertiary alicyclic amines) is 1. The molecule has 1 N–H and O–H groups in total. The molecule has 2 heterocycles. The summed E-state index contributed by atoms with van der Waals surface area (Å²) < 4.78 is 0. The molecule has 112 valence electrons. The van der Waals surface area contributed by atoms with Gasteiger partial charge in [0.25, 0.3) is 0 Å². The number of hydrogen-bond donors (Lipinski definition) is 1. The predicted molar refractivity (Wildman–Crippen MR) is 80.6 cm³/mol. The van der Waals surface area contributed by atoms with Crippen LogP contribution >= 0.6 is 0 Å². The van der Waals surface area contributed by atoms with Gasteiger partial charge in [0.2, 0.25) is 11.8 Å². The first-order valence-electron chi connectivity index (χ1n) is 7.79. The largest absolute Gasteiger partial charge is 0.355 e. The summed E-state index contributed by atoms with van der Waals surface area (Å²) in [5.41, 5.74) is 2.52. The first-order chi connectivity index (χ1) is 10.2. The van der Waals surface area contributed by atoms with Gasteiger partial charge in [0.05, 0.1) is 12.0 Å².